The maximum absolute atomic E-state index is 14.0. The van der Waals surface area contributed by atoms with E-state index in [4.69, 9.17) is 18.9 Å². The quantitative estimate of drug-likeness (QED) is 0.211. The normalized spacial score (nSPS) is 30.9. The molecule has 6 rings (SSSR count). The predicted octanol–water partition coefficient (Wildman–Crippen LogP) is 6.45. The highest BCUT2D eigenvalue weighted by Gasteiger charge is 2.60. The summed E-state index contributed by atoms with van der Waals surface area (Å²) < 4.78 is 22.0. The van der Waals surface area contributed by atoms with Crippen LogP contribution in [-0.2, 0) is 28.6 Å². The van der Waals surface area contributed by atoms with E-state index in [-0.39, 0.29) is 41.2 Å². The van der Waals surface area contributed by atoms with Crippen LogP contribution in [0.5, 0.6) is 5.75 Å². The molecule has 3 saturated carbocycles. The van der Waals surface area contributed by atoms with Gasteiger partial charge in [-0.3, -0.25) is 9.59 Å². The van der Waals surface area contributed by atoms with E-state index < -0.39 is 11.6 Å². The molecule has 2 aromatic rings. The zero-order chi connectivity index (χ0) is 34.1. The van der Waals surface area contributed by atoms with Crippen molar-refractivity contribution < 1.29 is 33.3 Å². The molecule has 3 fully saturated rings. The van der Waals surface area contributed by atoms with Gasteiger partial charge in [-0.15, -0.1) is 0 Å². The van der Waals surface area contributed by atoms with Gasteiger partial charge in [-0.05, 0) is 118 Å². The molecular weight excluding hydrogens is 608 g/mol. The Hall–Kier alpha value is -3.43. The molecule has 0 radical (unpaired) electrons. The number of rotatable bonds is 11. The molecule has 2 amide bonds. The number of ether oxygens (including phenoxy) is 4. The van der Waals surface area contributed by atoms with E-state index in [1.165, 1.54) is 0 Å². The van der Waals surface area contributed by atoms with E-state index in [1.807, 2.05) is 57.2 Å². The van der Waals surface area contributed by atoms with Gasteiger partial charge in [0.1, 0.15) is 24.6 Å². The monoisotopic (exact) mass is 660 g/mol. The van der Waals surface area contributed by atoms with Crippen LogP contribution in [-0.4, -0.2) is 62.5 Å². The molecule has 7 atom stereocenters. The van der Waals surface area contributed by atoms with Gasteiger partial charge in [-0.2, -0.15) is 0 Å². The Morgan fingerprint density at radius 3 is 2.54 bits per heavy atom. The molecule has 1 heterocycles. The number of amides is 2. The van der Waals surface area contributed by atoms with Crippen LogP contribution in [0.2, 0.25) is 0 Å². The first-order valence-corrected chi connectivity index (χ1v) is 17.7. The van der Waals surface area contributed by atoms with Gasteiger partial charge in [-0.25, -0.2) is 4.79 Å². The average Bonchev–Trinajstić information content (AvgIpc) is 3.39. The summed E-state index contributed by atoms with van der Waals surface area (Å²) in [6, 6.07) is 12.1. The lowest BCUT2D eigenvalue weighted by Crippen LogP contribution is -2.59. The second-order valence-corrected chi connectivity index (χ2v) is 15.7. The summed E-state index contributed by atoms with van der Waals surface area (Å²) >= 11 is 0. The highest BCUT2D eigenvalue weighted by molar-refractivity contribution is 6.03. The van der Waals surface area contributed by atoms with Crippen LogP contribution >= 0.6 is 0 Å². The van der Waals surface area contributed by atoms with Gasteiger partial charge in [0, 0.05) is 28.4 Å². The standard InChI is InChI=1S/C39H52N2O7/c1-37(2,3)48-35(43)24-46-20-19-45-21-22-47-26-9-10-27-25(23-26)7-6-8-32(27)40-36(44)31-13-12-29-28-11-14-33-39(5,18-16-34(42)41-33)30(28)15-17-38(29,31)4/h6-10,16,18,23,28-31,33H,11-15,17,19-22,24H2,1-5H3,(H,40,44)(H,41,42)/t28-,29-,30-,31+,33+,38-,39+/m0/s1. The highest BCUT2D eigenvalue weighted by Crippen LogP contribution is 2.65. The Labute approximate surface area is 284 Å². The lowest BCUT2D eigenvalue weighted by molar-refractivity contribution is -0.160. The SMILES string of the molecule is CC(C)(C)OC(=O)COCCOCCOc1ccc2c(NC(=O)[C@H]3CC[C@H]4[C@@H]5CC[C@H]6NC(=O)C=C[C@]6(C)[C@H]5CC[C@]34C)cccc2c1. The second-order valence-electron chi connectivity index (χ2n) is 15.7. The number of fused-ring (bicyclic) bond motifs is 6. The highest BCUT2D eigenvalue weighted by atomic mass is 16.6. The van der Waals surface area contributed by atoms with Crippen LogP contribution in [0.3, 0.4) is 0 Å². The van der Waals surface area contributed by atoms with Crippen LogP contribution in [0.25, 0.3) is 10.8 Å². The molecule has 1 aliphatic heterocycles. The van der Waals surface area contributed by atoms with Crippen molar-refractivity contribution in [3.63, 3.8) is 0 Å². The summed E-state index contributed by atoms with van der Waals surface area (Å²) in [7, 11) is 0. The Morgan fingerprint density at radius 1 is 0.938 bits per heavy atom. The van der Waals surface area contributed by atoms with Crippen LogP contribution in [0, 0.1) is 34.5 Å². The molecular formula is C39H52N2O7. The van der Waals surface area contributed by atoms with Gasteiger partial charge in [0.2, 0.25) is 11.8 Å². The molecule has 48 heavy (non-hydrogen) atoms. The van der Waals surface area contributed by atoms with Gasteiger partial charge in [0.05, 0.1) is 19.8 Å². The molecule has 9 nitrogen and oxygen atoms in total. The van der Waals surface area contributed by atoms with Gasteiger partial charge in [0.25, 0.3) is 0 Å². The third-order valence-electron chi connectivity index (χ3n) is 11.6. The number of anilines is 1. The third-order valence-corrected chi connectivity index (χ3v) is 11.6. The summed E-state index contributed by atoms with van der Waals surface area (Å²) in [5, 5.41) is 8.55. The van der Waals surface area contributed by atoms with E-state index in [2.05, 4.69) is 30.6 Å². The number of carbonyl (C=O) groups excluding carboxylic acids is 3. The van der Waals surface area contributed by atoms with Crippen molar-refractivity contribution in [3.8, 4) is 5.75 Å². The van der Waals surface area contributed by atoms with E-state index >= 15 is 0 Å². The van der Waals surface area contributed by atoms with Crippen molar-refractivity contribution >= 4 is 34.2 Å². The van der Waals surface area contributed by atoms with E-state index in [1.54, 1.807) is 6.08 Å². The van der Waals surface area contributed by atoms with Crippen LogP contribution in [0.1, 0.15) is 73.1 Å². The van der Waals surface area contributed by atoms with Gasteiger partial charge >= 0.3 is 5.97 Å². The number of nitrogens with one attached hydrogen (secondary N) is 2. The van der Waals surface area contributed by atoms with Crippen LogP contribution < -0.4 is 15.4 Å². The average molecular weight is 661 g/mol. The molecule has 0 aromatic heterocycles. The minimum atomic E-state index is -0.528. The molecule has 3 aliphatic carbocycles. The Kier molecular flexibility index (Phi) is 9.92. The predicted molar refractivity (Wildman–Crippen MR) is 185 cm³/mol. The molecule has 0 spiro atoms. The molecule has 0 unspecified atom stereocenters. The summed E-state index contributed by atoms with van der Waals surface area (Å²) in [6.45, 7) is 11.5. The first kappa shape index (κ1) is 34.4. The van der Waals surface area contributed by atoms with Crippen molar-refractivity contribution in [2.45, 2.75) is 84.8 Å². The van der Waals surface area contributed by atoms with Crippen molar-refractivity contribution in [2.75, 3.05) is 38.4 Å². The number of hydrogen-bond acceptors (Lipinski definition) is 7. The van der Waals surface area contributed by atoms with E-state index in [0.29, 0.717) is 44.2 Å². The molecule has 260 valence electrons. The largest absolute Gasteiger partial charge is 0.491 e. The number of hydrogen-bond donors (Lipinski definition) is 2. The fourth-order valence-electron chi connectivity index (χ4n) is 9.41. The van der Waals surface area contributed by atoms with E-state index in [0.717, 1.165) is 60.7 Å². The van der Waals surface area contributed by atoms with Crippen LogP contribution in [0.15, 0.2) is 48.6 Å². The Balaban J connectivity index is 1.00. The van der Waals surface area contributed by atoms with Gasteiger partial charge in [-0.1, -0.05) is 32.1 Å². The zero-order valence-corrected chi connectivity index (χ0v) is 29.1. The molecule has 2 N–H and O–H groups in total. The molecule has 9 heteroatoms. The lowest BCUT2D eigenvalue weighted by Gasteiger charge is -2.58. The van der Waals surface area contributed by atoms with Crippen molar-refractivity contribution in [2.24, 2.45) is 34.5 Å². The van der Waals surface area contributed by atoms with Gasteiger partial charge in [0.15, 0.2) is 0 Å². The maximum Gasteiger partial charge on any atom is 0.332 e. The number of esters is 1. The van der Waals surface area contributed by atoms with Crippen molar-refractivity contribution in [1.29, 1.82) is 0 Å². The molecule has 2 aromatic carbocycles. The zero-order valence-electron chi connectivity index (χ0n) is 29.1. The van der Waals surface area contributed by atoms with Crippen LogP contribution in [0.4, 0.5) is 5.69 Å². The topological polar surface area (TPSA) is 112 Å². The molecule has 0 saturated heterocycles. The molecule has 0 bridgehead atoms. The lowest BCUT2D eigenvalue weighted by atomic mass is 9.48. The minimum absolute atomic E-state index is 0.00351. The van der Waals surface area contributed by atoms with Gasteiger partial charge < -0.3 is 29.6 Å². The maximum atomic E-state index is 14.0. The number of carbonyl (C=O) groups is 3. The summed E-state index contributed by atoms with van der Waals surface area (Å²) in [4.78, 5) is 37.8. The fraction of sp³-hybridized carbons (Fsp3) is 0.615. The third kappa shape index (κ3) is 7.13. The number of benzene rings is 2. The van der Waals surface area contributed by atoms with Crippen molar-refractivity contribution in [1.82, 2.24) is 5.32 Å². The summed E-state index contributed by atoms with van der Waals surface area (Å²) in [5.41, 5.74) is 0.278. The Bertz CT molecular complexity index is 1550. The summed E-state index contributed by atoms with van der Waals surface area (Å²) in [5.74, 6) is 2.14. The second kappa shape index (κ2) is 13.8. The first-order valence-electron chi connectivity index (χ1n) is 17.7. The van der Waals surface area contributed by atoms with Crippen molar-refractivity contribution in [3.05, 3.63) is 48.6 Å². The summed E-state index contributed by atoms with van der Waals surface area (Å²) in [6.07, 6.45) is 10.2. The Morgan fingerprint density at radius 2 is 1.73 bits per heavy atom. The molecule has 4 aliphatic rings. The smallest absolute Gasteiger partial charge is 0.332 e. The van der Waals surface area contributed by atoms with E-state index in [9.17, 15) is 14.4 Å². The minimum Gasteiger partial charge on any atom is -0.491 e. The first-order chi connectivity index (χ1) is 22.9. The fourth-order valence-corrected chi connectivity index (χ4v) is 9.41.